The van der Waals surface area contributed by atoms with Gasteiger partial charge in [0, 0.05) is 0 Å². The zero-order valence-electron chi connectivity index (χ0n) is 20.2. The van der Waals surface area contributed by atoms with Crippen LogP contribution >= 0.6 is 7.75 Å². The van der Waals surface area contributed by atoms with Gasteiger partial charge in [-0.1, -0.05) is 18.2 Å². The number of nitrogens with one attached hydrogen (secondary N) is 1. The first-order chi connectivity index (χ1) is 18.0. The molecule has 6 N–H and O–H groups in total. The molecular formula is C21H27N4O12P. The number of nitrogens with zero attached hydrogens (tertiary/aromatic N) is 2. The Bertz CT molecular complexity index is 1190. The van der Waals surface area contributed by atoms with Gasteiger partial charge in [0.25, 0.3) is 5.91 Å². The minimum Gasteiger partial charge on any atom is -0.493 e. The van der Waals surface area contributed by atoms with Gasteiger partial charge in [-0.15, -0.1) is 0 Å². The van der Waals surface area contributed by atoms with Crippen LogP contribution in [0.15, 0.2) is 36.7 Å². The number of aliphatic hydroxyl groups excluding tert-OH is 2. The van der Waals surface area contributed by atoms with Gasteiger partial charge in [-0.2, -0.15) is 5.09 Å². The molecule has 1 aromatic carbocycles. The quantitative estimate of drug-likeness (QED) is 0.159. The molecule has 1 aliphatic heterocycles. The van der Waals surface area contributed by atoms with E-state index in [1.54, 1.807) is 18.2 Å². The molecule has 2 heterocycles. The Labute approximate surface area is 215 Å². The minimum atomic E-state index is -4.50. The maximum Gasteiger partial charge on any atom is 0.459 e. The van der Waals surface area contributed by atoms with Gasteiger partial charge in [-0.3, -0.25) is 23.5 Å². The highest BCUT2D eigenvalue weighted by Crippen LogP contribution is 2.46. The molecule has 0 aliphatic carbocycles. The van der Waals surface area contributed by atoms with Crippen molar-refractivity contribution in [1.82, 2.24) is 14.6 Å². The van der Waals surface area contributed by atoms with Gasteiger partial charge in [-0.25, -0.2) is 9.55 Å². The Kier molecular flexibility index (Phi) is 9.43. The van der Waals surface area contributed by atoms with Crippen LogP contribution in [-0.4, -0.2) is 87.9 Å². The van der Waals surface area contributed by atoms with E-state index in [-0.39, 0.29) is 5.75 Å². The molecule has 1 fully saturated rings. The number of carbonyl (C=O) groups is 3. The van der Waals surface area contributed by atoms with Crippen LogP contribution in [0.5, 0.6) is 11.6 Å². The normalized spacial score (nSPS) is 23.3. The highest BCUT2D eigenvalue weighted by molar-refractivity contribution is 7.52. The number of aromatic hydroxyl groups is 1. The molecule has 208 valence electrons. The topological polar surface area (TPSA) is 231 Å². The number of rotatable bonds is 12. The van der Waals surface area contributed by atoms with E-state index in [4.69, 9.17) is 19.5 Å². The summed E-state index contributed by atoms with van der Waals surface area (Å²) in [5.74, 6) is -3.47. The molecular weight excluding hydrogens is 531 g/mol. The molecule has 1 amide bonds. The molecule has 0 bridgehead atoms. The van der Waals surface area contributed by atoms with Gasteiger partial charge >= 0.3 is 19.7 Å². The van der Waals surface area contributed by atoms with Gasteiger partial charge in [-0.05, 0) is 12.1 Å². The largest absolute Gasteiger partial charge is 0.493 e. The second kappa shape index (κ2) is 12.3. The van der Waals surface area contributed by atoms with Crippen molar-refractivity contribution in [2.75, 3.05) is 20.8 Å². The van der Waals surface area contributed by atoms with Crippen LogP contribution in [0.4, 0.5) is 0 Å². The summed E-state index contributed by atoms with van der Waals surface area (Å²) >= 11 is 0. The van der Waals surface area contributed by atoms with E-state index in [0.717, 1.165) is 25.1 Å². The number of hydrogen-bond acceptors (Lipinski definition) is 13. The average molecular weight is 558 g/mol. The van der Waals surface area contributed by atoms with E-state index in [2.05, 4.69) is 19.5 Å². The van der Waals surface area contributed by atoms with Gasteiger partial charge in [0.05, 0.1) is 27.2 Å². The van der Waals surface area contributed by atoms with Gasteiger partial charge < -0.3 is 39.8 Å². The van der Waals surface area contributed by atoms with Crippen molar-refractivity contribution in [3.63, 3.8) is 0 Å². The van der Waals surface area contributed by atoms with Crippen molar-refractivity contribution in [1.29, 1.82) is 0 Å². The number of aliphatic hydroxyl groups is 2. The van der Waals surface area contributed by atoms with Gasteiger partial charge in [0.2, 0.25) is 5.88 Å². The molecule has 16 nitrogen and oxygen atoms in total. The number of primary amides is 1. The van der Waals surface area contributed by atoms with Crippen LogP contribution in [0.25, 0.3) is 0 Å². The average Bonchev–Trinajstić information content (AvgIpc) is 3.41. The Morgan fingerprint density at radius 2 is 1.87 bits per heavy atom. The van der Waals surface area contributed by atoms with Crippen molar-refractivity contribution in [2.45, 2.75) is 37.0 Å². The van der Waals surface area contributed by atoms with Crippen LogP contribution in [0.1, 0.15) is 23.1 Å². The Morgan fingerprint density at radius 1 is 1.18 bits per heavy atom. The van der Waals surface area contributed by atoms with E-state index < -0.39 is 80.8 Å². The zero-order valence-corrected chi connectivity index (χ0v) is 21.1. The first kappa shape index (κ1) is 29.0. The lowest BCUT2D eigenvalue weighted by Crippen LogP contribution is -2.40. The monoisotopic (exact) mass is 558 g/mol. The number of para-hydroxylation sites is 1. The summed E-state index contributed by atoms with van der Waals surface area (Å²) in [5, 5.41) is 33.5. The fourth-order valence-electron chi connectivity index (χ4n) is 3.46. The Balaban J connectivity index is 1.81. The molecule has 0 spiro atoms. The lowest BCUT2D eigenvalue weighted by molar-refractivity contribution is -0.149. The lowest BCUT2D eigenvalue weighted by atomic mass is 10.1. The summed E-state index contributed by atoms with van der Waals surface area (Å²) in [6, 6.07) is 6.21. The molecule has 1 aliphatic rings. The predicted molar refractivity (Wildman–Crippen MR) is 125 cm³/mol. The van der Waals surface area contributed by atoms with Crippen molar-refractivity contribution >= 4 is 25.6 Å². The summed E-state index contributed by atoms with van der Waals surface area (Å²) < 4.78 is 40.3. The Morgan fingerprint density at radius 3 is 2.45 bits per heavy atom. The van der Waals surface area contributed by atoms with Crippen molar-refractivity contribution in [2.24, 2.45) is 5.73 Å². The van der Waals surface area contributed by atoms with E-state index in [1.807, 2.05) is 0 Å². The zero-order chi connectivity index (χ0) is 28.0. The lowest BCUT2D eigenvalue weighted by Gasteiger charge is -2.25. The number of imidazole rings is 1. The molecule has 0 radical (unpaired) electrons. The van der Waals surface area contributed by atoms with Gasteiger partial charge in [0.1, 0.15) is 36.4 Å². The predicted octanol–water partition coefficient (Wildman–Crippen LogP) is -0.795. The first-order valence-corrected chi connectivity index (χ1v) is 12.5. The minimum absolute atomic E-state index is 0.0677. The molecule has 1 saturated heterocycles. The highest BCUT2D eigenvalue weighted by atomic mass is 31.2. The van der Waals surface area contributed by atoms with E-state index in [1.165, 1.54) is 12.1 Å². The molecule has 1 aromatic heterocycles. The van der Waals surface area contributed by atoms with Crippen molar-refractivity contribution < 1.29 is 57.5 Å². The number of ether oxygens (including phenoxy) is 3. The number of amides is 1. The van der Waals surface area contributed by atoms with Crippen LogP contribution in [-0.2, 0) is 32.9 Å². The molecule has 3 rings (SSSR count). The maximum atomic E-state index is 13.7. The fourth-order valence-corrected chi connectivity index (χ4v) is 4.96. The summed E-state index contributed by atoms with van der Waals surface area (Å²) in [7, 11) is -2.35. The Hall–Kier alpha value is -3.53. The van der Waals surface area contributed by atoms with E-state index >= 15 is 0 Å². The fraction of sp³-hybridized carbons (Fsp3) is 0.429. The number of hydrogen-bond donors (Lipinski definition) is 5. The summed E-state index contributed by atoms with van der Waals surface area (Å²) in [6.07, 6.45) is -5.66. The van der Waals surface area contributed by atoms with Crippen LogP contribution < -0.4 is 15.3 Å². The van der Waals surface area contributed by atoms with E-state index in [9.17, 15) is 34.3 Å². The number of aromatic nitrogens is 2. The van der Waals surface area contributed by atoms with Crippen LogP contribution in [0.2, 0.25) is 0 Å². The molecule has 2 aromatic rings. The first-order valence-electron chi connectivity index (χ1n) is 11.0. The molecule has 0 saturated carbocycles. The van der Waals surface area contributed by atoms with Gasteiger partial charge in [0.15, 0.2) is 11.9 Å². The molecule has 17 heteroatoms. The second-order valence-corrected chi connectivity index (χ2v) is 9.61. The molecule has 2 unspecified atom stereocenters. The van der Waals surface area contributed by atoms with E-state index in [0.29, 0.717) is 0 Å². The standard InChI is InChI=1S/C21H27N4O12P/c1-33-14(26)8-12(21(31)34-2)24-38(32,37-11-6-4-3-5-7-11)35-9-13-16(27)17(28)20(36-13)25-10-23-15(18(22)29)19(25)30/h3-7,10,12-13,16-17,20,27-28,30H,8-9H2,1-2H3,(H2,22,29)(H,24,32)/t12-,13+,16?,17+,20+,38?/m0/s1. The van der Waals surface area contributed by atoms with Crippen LogP contribution in [0, 0.1) is 0 Å². The third-order valence-electron chi connectivity index (χ3n) is 5.39. The second-order valence-electron chi connectivity index (χ2n) is 7.92. The number of esters is 2. The smallest absolute Gasteiger partial charge is 0.459 e. The molecule has 6 atom stereocenters. The molecule has 38 heavy (non-hydrogen) atoms. The summed E-state index contributed by atoms with van der Waals surface area (Å²) in [5.41, 5.74) is 4.64. The number of nitrogens with two attached hydrogens (primary N) is 1. The summed E-state index contributed by atoms with van der Waals surface area (Å²) in [4.78, 5) is 39.0. The van der Waals surface area contributed by atoms with Crippen LogP contribution in [0.3, 0.4) is 0 Å². The number of carbonyl (C=O) groups excluding carboxylic acids is 3. The third kappa shape index (κ3) is 6.66. The number of methoxy groups -OCH3 is 2. The highest BCUT2D eigenvalue weighted by Gasteiger charge is 2.46. The number of benzene rings is 1. The van der Waals surface area contributed by atoms with Crippen molar-refractivity contribution in [3.8, 4) is 11.6 Å². The maximum absolute atomic E-state index is 13.7. The SMILES string of the molecule is COC(=O)C[C@H](NP(=O)(OC[C@H]1O[C@@H](n2cnc(C(N)=O)c2O)[C@H](O)C1O)Oc1ccccc1)C(=O)OC. The summed E-state index contributed by atoms with van der Waals surface area (Å²) in [6.45, 7) is -0.671. The van der Waals surface area contributed by atoms with Crippen molar-refractivity contribution in [3.05, 3.63) is 42.4 Å². The third-order valence-corrected chi connectivity index (χ3v) is 6.96.